The Morgan fingerprint density at radius 2 is 2.07 bits per heavy atom. The van der Waals surface area contributed by atoms with Crippen LogP contribution in [-0.2, 0) is 11.2 Å². The van der Waals surface area contributed by atoms with Gasteiger partial charge in [-0.3, -0.25) is 4.79 Å². The van der Waals surface area contributed by atoms with E-state index < -0.39 is 0 Å². The molecule has 15 heavy (non-hydrogen) atoms. The van der Waals surface area contributed by atoms with Crippen molar-refractivity contribution < 1.29 is 4.79 Å². The Bertz CT molecular complexity index is 458. The van der Waals surface area contributed by atoms with E-state index in [4.69, 9.17) is 0 Å². The Labute approximate surface area is 90.0 Å². The van der Waals surface area contributed by atoms with Crippen LogP contribution in [0.4, 0.5) is 0 Å². The Morgan fingerprint density at radius 3 is 2.73 bits per heavy atom. The molecule has 0 saturated heterocycles. The van der Waals surface area contributed by atoms with Gasteiger partial charge in [-0.25, -0.2) is 0 Å². The highest BCUT2D eigenvalue weighted by atomic mass is 16.1. The summed E-state index contributed by atoms with van der Waals surface area (Å²) in [6.45, 7) is 5.71. The van der Waals surface area contributed by atoms with Crippen LogP contribution in [0.1, 0.15) is 30.5 Å². The van der Waals surface area contributed by atoms with Gasteiger partial charge in [0.25, 0.3) is 0 Å². The average Bonchev–Trinajstić information content (AvgIpc) is 2.41. The van der Waals surface area contributed by atoms with Crippen molar-refractivity contribution in [3.05, 3.63) is 40.5 Å². The fourth-order valence-corrected chi connectivity index (χ4v) is 2.07. The van der Waals surface area contributed by atoms with Crippen molar-refractivity contribution in [2.75, 3.05) is 0 Å². The van der Waals surface area contributed by atoms with E-state index in [9.17, 15) is 4.79 Å². The van der Waals surface area contributed by atoms with E-state index in [-0.39, 0.29) is 5.91 Å². The summed E-state index contributed by atoms with van der Waals surface area (Å²) in [6.07, 6.45) is 0.951. The van der Waals surface area contributed by atoms with E-state index in [1.54, 1.807) is 6.92 Å². The van der Waals surface area contributed by atoms with E-state index in [1.165, 1.54) is 22.3 Å². The molecule has 0 aliphatic heterocycles. The lowest BCUT2D eigenvalue weighted by Crippen LogP contribution is -2.18. The van der Waals surface area contributed by atoms with Gasteiger partial charge in [0, 0.05) is 18.2 Å². The van der Waals surface area contributed by atoms with Gasteiger partial charge >= 0.3 is 0 Å². The first-order valence-electron chi connectivity index (χ1n) is 5.15. The van der Waals surface area contributed by atoms with E-state index in [0.29, 0.717) is 0 Å². The molecule has 0 bridgehead atoms. The molecular formula is C13H15NO. The van der Waals surface area contributed by atoms with Crippen molar-refractivity contribution in [2.24, 2.45) is 0 Å². The monoisotopic (exact) mass is 201 g/mol. The SMILES string of the molecule is CC(=O)NC1=C(C)Cc2cc(C)ccc21. The van der Waals surface area contributed by atoms with Crippen LogP contribution in [0.3, 0.4) is 0 Å². The number of benzene rings is 1. The Hall–Kier alpha value is -1.57. The van der Waals surface area contributed by atoms with Gasteiger partial charge in [0.1, 0.15) is 0 Å². The number of carbonyl (C=O) groups excluding carboxylic acids is 1. The van der Waals surface area contributed by atoms with Gasteiger partial charge in [-0.05, 0) is 31.4 Å². The van der Waals surface area contributed by atoms with Crippen LogP contribution in [0, 0.1) is 6.92 Å². The van der Waals surface area contributed by atoms with Gasteiger partial charge in [-0.15, -0.1) is 0 Å². The summed E-state index contributed by atoms with van der Waals surface area (Å²) in [7, 11) is 0. The second-order valence-electron chi connectivity index (χ2n) is 4.17. The molecule has 1 aliphatic rings. The van der Waals surface area contributed by atoms with Crippen molar-refractivity contribution in [3.63, 3.8) is 0 Å². The van der Waals surface area contributed by atoms with Gasteiger partial charge in [0.15, 0.2) is 0 Å². The molecule has 2 rings (SSSR count). The first-order valence-corrected chi connectivity index (χ1v) is 5.15. The minimum Gasteiger partial charge on any atom is -0.326 e. The van der Waals surface area contributed by atoms with E-state index in [0.717, 1.165) is 12.1 Å². The lowest BCUT2D eigenvalue weighted by atomic mass is 10.1. The number of nitrogens with one attached hydrogen (secondary N) is 1. The number of aryl methyl sites for hydroxylation is 1. The Balaban J connectivity index is 2.42. The summed E-state index contributed by atoms with van der Waals surface area (Å²) >= 11 is 0. The van der Waals surface area contributed by atoms with E-state index in [1.807, 2.05) is 0 Å². The fraction of sp³-hybridized carbons (Fsp3) is 0.308. The zero-order valence-corrected chi connectivity index (χ0v) is 9.35. The maximum absolute atomic E-state index is 11.1. The van der Waals surface area contributed by atoms with Crippen molar-refractivity contribution >= 4 is 11.6 Å². The lowest BCUT2D eigenvalue weighted by Gasteiger charge is -2.07. The smallest absolute Gasteiger partial charge is 0.221 e. The number of rotatable bonds is 1. The van der Waals surface area contributed by atoms with Crippen molar-refractivity contribution in [1.29, 1.82) is 0 Å². The predicted octanol–water partition coefficient (Wildman–Crippen LogP) is 2.42. The van der Waals surface area contributed by atoms with Crippen molar-refractivity contribution in [3.8, 4) is 0 Å². The van der Waals surface area contributed by atoms with Crippen molar-refractivity contribution in [2.45, 2.75) is 27.2 Å². The van der Waals surface area contributed by atoms with Gasteiger partial charge in [-0.1, -0.05) is 23.8 Å². The lowest BCUT2D eigenvalue weighted by molar-refractivity contribution is -0.117. The molecule has 1 aromatic carbocycles. The summed E-state index contributed by atoms with van der Waals surface area (Å²) in [5.74, 6) is -0.00206. The first-order chi connectivity index (χ1) is 7.08. The third-order valence-corrected chi connectivity index (χ3v) is 2.71. The standard InChI is InChI=1S/C13H15NO/c1-8-4-5-12-11(6-8)7-9(2)13(12)14-10(3)15/h4-6H,7H2,1-3H3,(H,14,15). The molecule has 1 aliphatic carbocycles. The predicted molar refractivity (Wildman–Crippen MR) is 61.3 cm³/mol. The van der Waals surface area contributed by atoms with Gasteiger partial charge in [-0.2, -0.15) is 0 Å². The van der Waals surface area contributed by atoms with Crippen LogP contribution in [0.5, 0.6) is 0 Å². The molecular weight excluding hydrogens is 186 g/mol. The molecule has 0 aromatic heterocycles. The minimum atomic E-state index is -0.00206. The second-order valence-corrected chi connectivity index (χ2v) is 4.17. The number of hydrogen-bond donors (Lipinski definition) is 1. The van der Waals surface area contributed by atoms with Crippen LogP contribution in [0.25, 0.3) is 5.70 Å². The summed E-state index contributed by atoms with van der Waals surface area (Å²) in [4.78, 5) is 11.1. The zero-order valence-electron chi connectivity index (χ0n) is 9.35. The largest absolute Gasteiger partial charge is 0.326 e. The summed E-state index contributed by atoms with van der Waals surface area (Å²) in [6, 6.07) is 6.36. The molecule has 1 aromatic rings. The van der Waals surface area contributed by atoms with Crippen LogP contribution in [-0.4, -0.2) is 5.91 Å². The Kier molecular flexibility index (Phi) is 2.35. The molecule has 0 fully saturated rings. The highest BCUT2D eigenvalue weighted by Gasteiger charge is 2.19. The maximum Gasteiger partial charge on any atom is 0.221 e. The number of hydrogen-bond acceptors (Lipinski definition) is 1. The first kappa shape index (κ1) is 9.97. The molecule has 1 amide bonds. The molecule has 2 nitrogen and oxygen atoms in total. The van der Waals surface area contributed by atoms with Crippen LogP contribution < -0.4 is 5.32 Å². The van der Waals surface area contributed by atoms with E-state index >= 15 is 0 Å². The minimum absolute atomic E-state index is 0.00206. The van der Waals surface area contributed by atoms with Crippen LogP contribution in [0.15, 0.2) is 23.8 Å². The molecule has 2 heteroatoms. The average molecular weight is 201 g/mol. The highest BCUT2D eigenvalue weighted by molar-refractivity contribution is 5.88. The van der Waals surface area contributed by atoms with E-state index in [2.05, 4.69) is 37.4 Å². The van der Waals surface area contributed by atoms with Gasteiger partial charge in [0.2, 0.25) is 5.91 Å². The second kappa shape index (κ2) is 3.54. The van der Waals surface area contributed by atoms with Crippen molar-refractivity contribution in [1.82, 2.24) is 5.32 Å². The molecule has 0 saturated carbocycles. The molecule has 0 radical (unpaired) electrons. The number of amides is 1. The quantitative estimate of drug-likeness (QED) is 0.742. The molecule has 0 atom stereocenters. The normalized spacial score (nSPS) is 14.1. The molecule has 0 spiro atoms. The van der Waals surface area contributed by atoms with Gasteiger partial charge in [0.05, 0.1) is 0 Å². The molecule has 78 valence electrons. The third-order valence-electron chi connectivity index (χ3n) is 2.71. The van der Waals surface area contributed by atoms with Crippen LogP contribution in [0.2, 0.25) is 0 Å². The van der Waals surface area contributed by atoms with Gasteiger partial charge < -0.3 is 5.32 Å². The maximum atomic E-state index is 11.1. The third kappa shape index (κ3) is 1.80. The number of allylic oxidation sites excluding steroid dienone is 1. The highest BCUT2D eigenvalue weighted by Crippen LogP contribution is 2.31. The summed E-state index contributed by atoms with van der Waals surface area (Å²) in [5.41, 5.74) is 6.00. The topological polar surface area (TPSA) is 29.1 Å². The summed E-state index contributed by atoms with van der Waals surface area (Å²) < 4.78 is 0. The number of carbonyl (C=O) groups is 1. The van der Waals surface area contributed by atoms with Crippen LogP contribution >= 0.6 is 0 Å². The molecule has 1 N–H and O–H groups in total. The number of fused-ring (bicyclic) bond motifs is 1. The molecule has 0 unspecified atom stereocenters. The fourth-order valence-electron chi connectivity index (χ4n) is 2.07. The summed E-state index contributed by atoms with van der Waals surface area (Å²) in [5, 5.41) is 2.91. The Morgan fingerprint density at radius 1 is 1.33 bits per heavy atom. The molecule has 0 heterocycles. The zero-order chi connectivity index (χ0) is 11.0.